The summed E-state index contributed by atoms with van der Waals surface area (Å²) in [6, 6.07) is 5.56. The van der Waals surface area contributed by atoms with Gasteiger partial charge < -0.3 is 16.4 Å². The van der Waals surface area contributed by atoms with Crippen molar-refractivity contribution in [3.63, 3.8) is 0 Å². The molecule has 0 unspecified atom stereocenters. The second kappa shape index (κ2) is 4.43. The molecule has 0 atom stereocenters. The van der Waals surface area contributed by atoms with Gasteiger partial charge in [0.1, 0.15) is 0 Å². The molecule has 70 valence electrons. The van der Waals surface area contributed by atoms with Gasteiger partial charge >= 0.3 is 0 Å². The van der Waals surface area contributed by atoms with Gasteiger partial charge in [0.05, 0.1) is 11.4 Å². The van der Waals surface area contributed by atoms with Crippen LogP contribution in [-0.4, -0.2) is 12.2 Å². The summed E-state index contributed by atoms with van der Waals surface area (Å²) in [6.45, 7) is 0. The second-order valence-corrected chi connectivity index (χ2v) is 3.76. The number of halogens is 1. The molecule has 0 aliphatic heterocycles. The van der Waals surface area contributed by atoms with Crippen molar-refractivity contribution in [1.82, 2.24) is 5.32 Å². The molecule has 1 rings (SSSR count). The third kappa shape index (κ3) is 2.86. The molecule has 0 saturated heterocycles. The first kappa shape index (κ1) is 10.3. The molecule has 5 heteroatoms. The van der Waals surface area contributed by atoms with Gasteiger partial charge in [0.15, 0.2) is 5.11 Å². The summed E-state index contributed by atoms with van der Waals surface area (Å²) < 4.78 is 0.961. The van der Waals surface area contributed by atoms with Crippen LogP contribution in [0.2, 0.25) is 0 Å². The van der Waals surface area contributed by atoms with Gasteiger partial charge in [-0.15, -0.1) is 0 Å². The van der Waals surface area contributed by atoms with Crippen molar-refractivity contribution in [3.05, 3.63) is 22.7 Å². The van der Waals surface area contributed by atoms with Gasteiger partial charge in [-0.2, -0.15) is 0 Å². The standard InChI is InChI=1S/C8H10BrN3S/c1-11-8(13)12-7-4-5(9)2-3-6(7)10/h2-4H,10H2,1H3,(H2,11,12,13). The van der Waals surface area contributed by atoms with Crippen LogP contribution < -0.4 is 16.4 Å². The Morgan fingerprint density at radius 3 is 2.85 bits per heavy atom. The zero-order valence-electron chi connectivity index (χ0n) is 7.10. The first-order valence-corrected chi connectivity index (χ1v) is 4.87. The van der Waals surface area contributed by atoms with Gasteiger partial charge in [-0.3, -0.25) is 0 Å². The number of benzene rings is 1. The molecule has 13 heavy (non-hydrogen) atoms. The zero-order valence-corrected chi connectivity index (χ0v) is 9.50. The molecule has 3 nitrogen and oxygen atoms in total. The van der Waals surface area contributed by atoms with E-state index in [1.165, 1.54) is 0 Å². The van der Waals surface area contributed by atoms with Gasteiger partial charge in [-0.25, -0.2) is 0 Å². The topological polar surface area (TPSA) is 50.1 Å². The van der Waals surface area contributed by atoms with Crippen LogP contribution in [0.3, 0.4) is 0 Å². The summed E-state index contributed by atoms with van der Waals surface area (Å²) in [4.78, 5) is 0. The van der Waals surface area contributed by atoms with Crippen molar-refractivity contribution in [2.75, 3.05) is 18.1 Å². The summed E-state index contributed by atoms with van der Waals surface area (Å²) in [5.41, 5.74) is 7.19. The van der Waals surface area contributed by atoms with Crippen molar-refractivity contribution in [1.29, 1.82) is 0 Å². The average Bonchev–Trinajstić information content (AvgIpc) is 2.11. The minimum atomic E-state index is 0.546. The Morgan fingerprint density at radius 1 is 1.54 bits per heavy atom. The second-order valence-electron chi connectivity index (χ2n) is 2.44. The lowest BCUT2D eigenvalue weighted by atomic mass is 10.3. The molecule has 0 aromatic heterocycles. The number of rotatable bonds is 1. The Hall–Kier alpha value is -0.810. The first-order chi connectivity index (χ1) is 6.13. The third-order valence-corrected chi connectivity index (χ3v) is 2.29. The van der Waals surface area contributed by atoms with Crippen LogP contribution in [0.4, 0.5) is 11.4 Å². The van der Waals surface area contributed by atoms with Crippen molar-refractivity contribution >= 4 is 44.6 Å². The van der Waals surface area contributed by atoms with Crippen molar-refractivity contribution in [2.45, 2.75) is 0 Å². The Morgan fingerprint density at radius 2 is 2.23 bits per heavy atom. The van der Waals surface area contributed by atoms with Gasteiger partial charge in [-0.05, 0) is 30.4 Å². The largest absolute Gasteiger partial charge is 0.397 e. The number of nitrogens with two attached hydrogens (primary N) is 1. The summed E-state index contributed by atoms with van der Waals surface area (Å²) in [6.07, 6.45) is 0. The lowest BCUT2D eigenvalue weighted by Crippen LogP contribution is -2.24. The minimum absolute atomic E-state index is 0.546. The summed E-state index contributed by atoms with van der Waals surface area (Å²) in [5, 5.41) is 6.32. The van der Waals surface area contributed by atoms with Crippen LogP contribution in [-0.2, 0) is 0 Å². The third-order valence-electron chi connectivity index (χ3n) is 1.49. The zero-order chi connectivity index (χ0) is 9.84. The maximum Gasteiger partial charge on any atom is 0.170 e. The van der Waals surface area contributed by atoms with E-state index in [1.54, 1.807) is 7.05 Å². The smallest absolute Gasteiger partial charge is 0.170 e. The number of hydrogen-bond donors (Lipinski definition) is 3. The highest BCUT2D eigenvalue weighted by atomic mass is 79.9. The van der Waals surface area contributed by atoms with E-state index < -0.39 is 0 Å². The van der Waals surface area contributed by atoms with Crippen LogP contribution >= 0.6 is 28.1 Å². The number of anilines is 2. The maximum absolute atomic E-state index is 5.72. The normalized spacial score (nSPS) is 9.38. The van der Waals surface area contributed by atoms with Gasteiger partial charge in [0.25, 0.3) is 0 Å². The van der Waals surface area contributed by atoms with Crippen molar-refractivity contribution in [2.24, 2.45) is 0 Å². The molecular weight excluding hydrogens is 250 g/mol. The van der Waals surface area contributed by atoms with E-state index in [9.17, 15) is 0 Å². The molecular formula is C8H10BrN3S. The minimum Gasteiger partial charge on any atom is -0.397 e. The first-order valence-electron chi connectivity index (χ1n) is 3.67. The molecule has 0 aliphatic carbocycles. The summed E-state index contributed by atoms with van der Waals surface area (Å²) >= 11 is 8.30. The molecule has 0 saturated carbocycles. The van der Waals surface area contributed by atoms with E-state index in [1.807, 2.05) is 18.2 Å². The highest BCUT2D eigenvalue weighted by Gasteiger charge is 2.00. The Kier molecular flexibility index (Phi) is 3.50. The SMILES string of the molecule is CNC(=S)Nc1cc(Br)ccc1N. The fraction of sp³-hybridized carbons (Fsp3) is 0.125. The Labute approximate surface area is 90.8 Å². The van der Waals surface area contributed by atoms with E-state index in [4.69, 9.17) is 18.0 Å². The molecule has 4 N–H and O–H groups in total. The van der Waals surface area contributed by atoms with Crippen molar-refractivity contribution in [3.8, 4) is 0 Å². The van der Waals surface area contributed by atoms with Crippen LogP contribution in [0.15, 0.2) is 22.7 Å². The van der Waals surface area contributed by atoms with E-state index >= 15 is 0 Å². The van der Waals surface area contributed by atoms with Crippen LogP contribution in [0.25, 0.3) is 0 Å². The molecule has 1 aromatic carbocycles. The van der Waals surface area contributed by atoms with Gasteiger partial charge in [-0.1, -0.05) is 15.9 Å². The fourth-order valence-corrected chi connectivity index (χ4v) is 1.29. The van der Waals surface area contributed by atoms with E-state index in [0.29, 0.717) is 10.8 Å². The number of thiocarbonyl (C=S) groups is 1. The lowest BCUT2D eigenvalue weighted by Gasteiger charge is -2.09. The number of hydrogen-bond acceptors (Lipinski definition) is 2. The number of nitrogen functional groups attached to an aromatic ring is 1. The predicted molar refractivity (Wildman–Crippen MR) is 63.8 cm³/mol. The van der Waals surface area contributed by atoms with E-state index in [-0.39, 0.29) is 0 Å². The van der Waals surface area contributed by atoms with Crippen LogP contribution in [0, 0.1) is 0 Å². The quantitative estimate of drug-likeness (QED) is 0.533. The highest BCUT2D eigenvalue weighted by Crippen LogP contribution is 2.22. The Bertz CT molecular complexity index is 327. The fourth-order valence-electron chi connectivity index (χ4n) is 0.822. The average molecular weight is 260 g/mol. The highest BCUT2D eigenvalue weighted by molar-refractivity contribution is 9.10. The van der Waals surface area contributed by atoms with Gasteiger partial charge in [0, 0.05) is 11.5 Å². The molecule has 0 bridgehead atoms. The molecule has 0 aliphatic rings. The van der Waals surface area contributed by atoms with Crippen LogP contribution in [0.1, 0.15) is 0 Å². The summed E-state index contributed by atoms with van der Waals surface area (Å²) in [7, 11) is 1.75. The molecule has 0 spiro atoms. The molecule has 0 fully saturated rings. The van der Waals surface area contributed by atoms with Crippen molar-refractivity contribution < 1.29 is 0 Å². The number of nitrogens with one attached hydrogen (secondary N) is 2. The predicted octanol–water partition coefficient (Wildman–Crippen LogP) is 1.95. The molecule has 0 amide bonds. The van der Waals surface area contributed by atoms with Crippen LogP contribution in [0.5, 0.6) is 0 Å². The van der Waals surface area contributed by atoms with E-state index in [0.717, 1.165) is 10.2 Å². The monoisotopic (exact) mass is 259 g/mol. The Balaban J connectivity index is 2.87. The lowest BCUT2D eigenvalue weighted by molar-refractivity contribution is 1.20. The summed E-state index contributed by atoms with van der Waals surface area (Å²) in [5.74, 6) is 0. The molecule has 0 radical (unpaired) electrons. The van der Waals surface area contributed by atoms with Gasteiger partial charge in [0.2, 0.25) is 0 Å². The molecule has 0 heterocycles. The molecule has 1 aromatic rings. The maximum atomic E-state index is 5.72. The van der Waals surface area contributed by atoms with E-state index in [2.05, 4.69) is 26.6 Å².